The number of hydrogen-bond acceptors (Lipinski definition) is 4. The van der Waals surface area contributed by atoms with Crippen LogP contribution in [0.3, 0.4) is 0 Å². The number of carbonyl (C=O) groups is 1. The van der Waals surface area contributed by atoms with Gasteiger partial charge in [-0.1, -0.05) is 119 Å². The van der Waals surface area contributed by atoms with Crippen molar-refractivity contribution < 1.29 is 35.5 Å². The summed E-state index contributed by atoms with van der Waals surface area (Å²) in [5.74, 6) is 1.32. The number of hydrogen-bond donors (Lipinski definition) is 1. The Morgan fingerprint density at radius 1 is 0.655 bits per heavy atom. The molecule has 1 N–H and O–H groups in total. The zero-order valence-electron chi connectivity index (χ0n) is 40.6. The average Bonchev–Trinajstić information content (AvgIpc) is 3.20. The first-order valence-electron chi connectivity index (χ1n) is 22.6. The molecule has 0 aliphatic carbocycles. The van der Waals surface area contributed by atoms with Gasteiger partial charge in [-0.15, -0.1) is 69.8 Å². The summed E-state index contributed by atoms with van der Waals surface area (Å²) < 4.78 is 32.5. The predicted octanol–water partition coefficient (Wildman–Crippen LogP) is 14.8. The first kappa shape index (κ1) is 41.7. The van der Waals surface area contributed by atoms with Gasteiger partial charge in [-0.2, -0.15) is 0 Å². The van der Waals surface area contributed by atoms with Crippen LogP contribution in [0.1, 0.15) is 132 Å². The number of fused-ring (bicyclic) bond motifs is 2. The fourth-order valence-electron chi connectivity index (χ4n) is 7.11. The fraction of sp³-hybridized carbons (Fsp3) is 0.377. The quantitative estimate of drug-likeness (QED) is 0.0798. The van der Waals surface area contributed by atoms with Crippen molar-refractivity contribution in [2.45, 2.75) is 121 Å². The van der Waals surface area contributed by atoms with Crippen molar-refractivity contribution in [2.75, 3.05) is 0 Å². The summed E-state index contributed by atoms with van der Waals surface area (Å²) in [6.07, 6.45) is 4.94. The SMILES string of the molecule is CCC(CC)C(=O)/C=C(\O)C(CC)CC.[2H]c1nc(-c2[c-]c(C)cc(C)c2)c2ccc(C(C)C)cc2c1[2H].[2H]c1nc(-c2[c-]c(C)cc(C)c2)c2ccc(C(C)C)cc2c1[2H].[Ir]. The number of allylic oxidation sites excluding steroid dienone is 2. The van der Waals surface area contributed by atoms with Gasteiger partial charge in [0.1, 0.15) is 0 Å². The second kappa shape index (κ2) is 22.6. The molecule has 2 heterocycles. The first-order valence-corrected chi connectivity index (χ1v) is 20.6. The molecule has 0 atom stereocenters. The van der Waals surface area contributed by atoms with Crippen molar-refractivity contribution in [3.05, 3.63) is 142 Å². The van der Waals surface area contributed by atoms with Crippen LogP contribution in [0.4, 0.5) is 0 Å². The number of aliphatic hydroxyl groups excluding tert-OH is 1. The van der Waals surface area contributed by atoms with Gasteiger partial charge in [0.25, 0.3) is 0 Å². The minimum Gasteiger partial charge on any atom is -0.512 e. The van der Waals surface area contributed by atoms with Crippen LogP contribution in [-0.4, -0.2) is 20.9 Å². The molecular weight excluding hydrogens is 889 g/mol. The maximum absolute atomic E-state index is 11.7. The first-order chi connectivity index (χ1) is 28.8. The number of aromatic nitrogens is 2. The molecule has 0 unspecified atom stereocenters. The number of ketones is 1. The molecule has 1 radical (unpaired) electrons. The van der Waals surface area contributed by atoms with Gasteiger partial charge in [-0.25, -0.2) is 0 Å². The minimum atomic E-state index is 0. The average molecular weight is 957 g/mol. The number of aryl methyl sites for hydroxylation is 4. The van der Waals surface area contributed by atoms with Crippen molar-refractivity contribution in [3.63, 3.8) is 0 Å². The largest absolute Gasteiger partial charge is 0.512 e. The van der Waals surface area contributed by atoms with Crippen LogP contribution in [0.15, 0.2) is 96.9 Å². The van der Waals surface area contributed by atoms with Gasteiger partial charge in [0.15, 0.2) is 5.78 Å². The molecule has 58 heavy (non-hydrogen) atoms. The molecule has 5 heteroatoms. The Morgan fingerprint density at radius 2 is 1.05 bits per heavy atom. The fourth-order valence-corrected chi connectivity index (χ4v) is 7.11. The van der Waals surface area contributed by atoms with E-state index < -0.39 is 0 Å². The van der Waals surface area contributed by atoms with E-state index in [-0.39, 0.29) is 67.9 Å². The van der Waals surface area contributed by atoms with Gasteiger partial charge in [0.05, 0.1) is 11.2 Å². The van der Waals surface area contributed by atoms with Crippen molar-refractivity contribution in [3.8, 4) is 22.5 Å². The van der Waals surface area contributed by atoms with E-state index in [1.165, 1.54) is 17.2 Å². The Labute approximate surface area is 368 Å². The smallest absolute Gasteiger partial charge is 0.162 e. The molecular formula is C53H64IrN2O2-2. The third-order valence-electron chi connectivity index (χ3n) is 10.5. The predicted molar refractivity (Wildman–Crippen MR) is 243 cm³/mol. The summed E-state index contributed by atoms with van der Waals surface area (Å²) in [5, 5.41) is 13.2. The Morgan fingerprint density at radius 3 is 1.40 bits per heavy atom. The zero-order valence-corrected chi connectivity index (χ0v) is 39.0. The summed E-state index contributed by atoms with van der Waals surface area (Å²) in [5.41, 5.74) is 9.99. The van der Waals surface area contributed by atoms with Gasteiger partial charge >= 0.3 is 0 Å². The molecule has 6 aromatic rings. The molecule has 0 fully saturated rings. The summed E-state index contributed by atoms with van der Waals surface area (Å²) in [4.78, 5) is 20.5. The van der Waals surface area contributed by atoms with Crippen molar-refractivity contribution in [1.82, 2.24) is 9.97 Å². The van der Waals surface area contributed by atoms with Crippen LogP contribution in [0, 0.1) is 51.7 Å². The molecule has 0 saturated heterocycles. The van der Waals surface area contributed by atoms with Crippen molar-refractivity contribution in [1.29, 1.82) is 0 Å². The summed E-state index contributed by atoms with van der Waals surface area (Å²) in [6.45, 7) is 24.7. The molecule has 0 saturated carbocycles. The topological polar surface area (TPSA) is 63.1 Å². The molecule has 4 nitrogen and oxygen atoms in total. The standard InChI is InChI=1S/2C20H20N.C13H24O2.Ir/c2*1-13(2)16-5-6-19-17(12-16)7-8-21-20(19)18-10-14(3)9-15(4)11-18;1-5-10(6-2)12(14)9-13(15)11(7-3)8-4;/h2*5-10,12-13H,1-4H3;9-11,14H,5-8H2,1-4H3;/q2*-1;;/b;;12-9-;/i2*7D,8D;;. The molecule has 6 rings (SSSR count). The van der Waals surface area contributed by atoms with Crippen LogP contribution < -0.4 is 0 Å². The van der Waals surface area contributed by atoms with Gasteiger partial charge in [0.2, 0.25) is 0 Å². The normalized spacial score (nSPS) is 12.4. The van der Waals surface area contributed by atoms with E-state index in [4.69, 9.17) is 5.48 Å². The van der Waals surface area contributed by atoms with E-state index in [1.807, 2.05) is 91.8 Å². The molecule has 0 aliphatic heterocycles. The molecule has 0 bridgehead atoms. The van der Waals surface area contributed by atoms with Gasteiger partial charge in [0, 0.05) is 50.4 Å². The Kier molecular flexibility index (Phi) is 16.3. The summed E-state index contributed by atoms with van der Waals surface area (Å²) in [6, 6.07) is 27.5. The van der Waals surface area contributed by atoms with E-state index >= 15 is 0 Å². The molecule has 309 valence electrons. The van der Waals surface area contributed by atoms with Crippen LogP contribution in [0.25, 0.3) is 44.1 Å². The molecule has 2 aromatic heterocycles. The zero-order chi connectivity index (χ0) is 45.3. The monoisotopic (exact) mass is 957 g/mol. The Balaban J connectivity index is 0.000000253. The van der Waals surface area contributed by atoms with E-state index in [9.17, 15) is 9.90 Å². The van der Waals surface area contributed by atoms with E-state index in [0.717, 1.165) is 92.0 Å². The molecule has 0 aliphatic rings. The number of rotatable bonds is 11. The third-order valence-corrected chi connectivity index (χ3v) is 10.5. The second-order valence-corrected chi connectivity index (χ2v) is 15.8. The van der Waals surface area contributed by atoms with Gasteiger partial charge in [-0.3, -0.25) is 4.79 Å². The second-order valence-electron chi connectivity index (χ2n) is 15.8. The number of aliphatic hydroxyl groups is 1. The maximum atomic E-state index is 11.7. The van der Waals surface area contributed by atoms with Crippen LogP contribution >= 0.6 is 0 Å². The van der Waals surface area contributed by atoms with E-state index in [2.05, 4.69) is 74.1 Å². The number of benzene rings is 4. The van der Waals surface area contributed by atoms with E-state index in [0.29, 0.717) is 11.8 Å². The third kappa shape index (κ3) is 12.8. The van der Waals surface area contributed by atoms with Gasteiger partial charge < -0.3 is 15.1 Å². The Hall–Kier alpha value is -4.44. The number of nitrogens with zero attached hydrogens (tertiary/aromatic N) is 2. The minimum absolute atomic E-state index is 0. The number of pyridine rings is 2. The number of carbonyl (C=O) groups excluding carboxylic acids is 1. The molecule has 4 aromatic carbocycles. The van der Waals surface area contributed by atoms with Crippen LogP contribution in [0.2, 0.25) is 0 Å². The molecule has 0 spiro atoms. The van der Waals surface area contributed by atoms with Crippen molar-refractivity contribution in [2.24, 2.45) is 11.8 Å². The van der Waals surface area contributed by atoms with Crippen LogP contribution in [-0.2, 0) is 24.9 Å². The van der Waals surface area contributed by atoms with Crippen LogP contribution in [0.5, 0.6) is 0 Å². The summed E-state index contributed by atoms with van der Waals surface area (Å²) >= 11 is 0. The van der Waals surface area contributed by atoms with Gasteiger partial charge in [-0.05, 0) is 93.7 Å². The van der Waals surface area contributed by atoms with E-state index in [1.54, 1.807) is 0 Å². The molecule has 0 amide bonds. The maximum Gasteiger partial charge on any atom is 0.162 e. The van der Waals surface area contributed by atoms with Crippen molar-refractivity contribution >= 4 is 27.3 Å². The summed E-state index contributed by atoms with van der Waals surface area (Å²) in [7, 11) is 0. The Bertz CT molecular complexity index is 2330.